The van der Waals surface area contributed by atoms with Crippen LogP contribution >= 0.6 is 0 Å². The summed E-state index contributed by atoms with van der Waals surface area (Å²) in [6.07, 6.45) is -10.4. The molecule has 1 aliphatic heterocycles. The van der Waals surface area contributed by atoms with Gasteiger partial charge < -0.3 is 10.6 Å². The molecule has 0 bridgehead atoms. The van der Waals surface area contributed by atoms with Gasteiger partial charge in [0, 0.05) is 6.04 Å². The third-order valence-electron chi connectivity index (χ3n) is 2.87. The first-order valence-corrected chi connectivity index (χ1v) is 7.87. The van der Waals surface area contributed by atoms with E-state index in [1.54, 1.807) is 13.8 Å². The van der Waals surface area contributed by atoms with E-state index in [1.165, 1.54) is 0 Å². The van der Waals surface area contributed by atoms with Crippen LogP contribution in [0.15, 0.2) is 21.4 Å². The van der Waals surface area contributed by atoms with Gasteiger partial charge in [-0.15, -0.1) is 4.40 Å². The average molecular weight is 375 g/mol. The highest BCUT2D eigenvalue weighted by Crippen LogP contribution is 2.44. The average Bonchev–Trinajstić information content (AvgIpc) is 2.33. The highest BCUT2D eigenvalue weighted by Gasteiger charge is 2.44. The van der Waals surface area contributed by atoms with E-state index >= 15 is 0 Å². The molecule has 0 fully saturated rings. The number of fused-ring (bicyclic) bond motifs is 1. The van der Waals surface area contributed by atoms with Crippen LogP contribution in [0, 0.1) is 0 Å². The Morgan fingerprint density at radius 1 is 1.08 bits per heavy atom. The van der Waals surface area contributed by atoms with Crippen molar-refractivity contribution >= 4 is 21.7 Å². The molecule has 1 aliphatic rings. The van der Waals surface area contributed by atoms with E-state index in [9.17, 15) is 34.8 Å². The van der Waals surface area contributed by atoms with Gasteiger partial charge in [0.05, 0.1) is 16.8 Å². The minimum absolute atomic E-state index is 0.242. The largest absolute Gasteiger partial charge is 0.417 e. The van der Waals surface area contributed by atoms with Crippen molar-refractivity contribution in [1.82, 2.24) is 5.32 Å². The van der Waals surface area contributed by atoms with E-state index in [0.29, 0.717) is 6.07 Å². The van der Waals surface area contributed by atoms with Crippen LogP contribution in [0.3, 0.4) is 0 Å². The van der Waals surface area contributed by atoms with Crippen LogP contribution < -0.4 is 10.6 Å². The number of nitrogens with zero attached hydrogens (tertiary/aromatic N) is 1. The van der Waals surface area contributed by atoms with Gasteiger partial charge in [-0.3, -0.25) is 0 Å². The van der Waals surface area contributed by atoms with E-state index < -0.39 is 50.0 Å². The zero-order chi connectivity index (χ0) is 18.5. The van der Waals surface area contributed by atoms with Gasteiger partial charge in [0.15, 0.2) is 0 Å². The Morgan fingerprint density at radius 2 is 1.67 bits per heavy atom. The normalized spacial score (nSPS) is 17.1. The van der Waals surface area contributed by atoms with E-state index in [-0.39, 0.29) is 12.1 Å². The van der Waals surface area contributed by atoms with Crippen molar-refractivity contribution in [2.75, 3.05) is 5.32 Å². The molecule has 0 atom stereocenters. The fourth-order valence-electron chi connectivity index (χ4n) is 2.03. The minimum Gasteiger partial charge on any atom is -0.353 e. The Balaban J connectivity index is 2.75. The summed E-state index contributed by atoms with van der Waals surface area (Å²) in [7, 11) is -4.84. The van der Waals surface area contributed by atoms with E-state index in [4.69, 9.17) is 0 Å². The lowest BCUT2D eigenvalue weighted by Gasteiger charge is -2.24. The van der Waals surface area contributed by atoms with Gasteiger partial charge in [-0.2, -0.15) is 34.8 Å². The maximum Gasteiger partial charge on any atom is 0.417 e. The van der Waals surface area contributed by atoms with Crippen molar-refractivity contribution < 1.29 is 34.8 Å². The Kier molecular flexibility index (Phi) is 4.23. The van der Waals surface area contributed by atoms with Gasteiger partial charge in [0.1, 0.15) is 4.90 Å². The summed E-state index contributed by atoms with van der Waals surface area (Å²) in [5, 5.41) is 4.66. The lowest BCUT2D eigenvalue weighted by molar-refractivity contribution is -0.144. The molecule has 5 nitrogen and oxygen atoms in total. The summed E-state index contributed by atoms with van der Waals surface area (Å²) in [4.78, 5) is -1.34. The van der Waals surface area contributed by atoms with Gasteiger partial charge in [-0.05, 0) is 26.0 Å². The lowest BCUT2D eigenvalue weighted by atomic mass is 10.1. The Labute approximate surface area is 132 Å². The molecule has 12 heteroatoms. The molecule has 1 heterocycles. The molecule has 0 radical (unpaired) electrons. The van der Waals surface area contributed by atoms with Crippen molar-refractivity contribution in [2.45, 2.75) is 37.1 Å². The monoisotopic (exact) mass is 375 g/mol. The molecular weight excluding hydrogens is 364 g/mol. The van der Waals surface area contributed by atoms with Gasteiger partial charge in [0.25, 0.3) is 10.0 Å². The van der Waals surface area contributed by atoms with Crippen LogP contribution in [0.1, 0.15) is 25.0 Å². The number of halogens is 6. The number of rotatable bonds is 1. The molecule has 1 aromatic rings. The van der Waals surface area contributed by atoms with Gasteiger partial charge in [-0.1, -0.05) is 0 Å². The van der Waals surface area contributed by atoms with Gasteiger partial charge >= 0.3 is 12.4 Å². The maximum absolute atomic E-state index is 13.1. The Hall–Kier alpha value is -1.98. The van der Waals surface area contributed by atoms with E-state index in [1.807, 2.05) is 0 Å². The summed E-state index contributed by atoms with van der Waals surface area (Å²) >= 11 is 0. The Morgan fingerprint density at radius 3 is 2.12 bits per heavy atom. The quantitative estimate of drug-likeness (QED) is 0.740. The second kappa shape index (κ2) is 5.53. The number of nitrogens with one attached hydrogen (secondary N) is 2. The number of guanidine groups is 1. The van der Waals surface area contributed by atoms with Gasteiger partial charge in [0.2, 0.25) is 5.96 Å². The summed E-state index contributed by atoms with van der Waals surface area (Å²) in [5.74, 6) is -0.454. The predicted molar refractivity (Wildman–Crippen MR) is 73.0 cm³/mol. The van der Waals surface area contributed by atoms with E-state index in [2.05, 4.69) is 15.0 Å². The zero-order valence-electron chi connectivity index (χ0n) is 12.2. The molecule has 0 amide bonds. The molecule has 0 aliphatic carbocycles. The van der Waals surface area contributed by atoms with Crippen LogP contribution in [0.2, 0.25) is 0 Å². The molecule has 2 N–H and O–H groups in total. The number of sulfonamides is 1. The predicted octanol–water partition coefficient (Wildman–Crippen LogP) is 3.19. The van der Waals surface area contributed by atoms with Crippen molar-refractivity contribution in [3.8, 4) is 0 Å². The molecular formula is C12H11F6N3O2S. The van der Waals surface area contributed by atoms with Crippen LogP contribution in [0.4, 0.5) is 32.0 Å². The number of anilines is 1. The Bertz CT molecular complexity index is 796. The molecule has 2 rings (SSSR count). The maximum atomic E-state index is 13.1. The third-order valence-corrected chi connectivity index (χ3v) is 4.25. The SMILES string of the molecule is CC(C)NC1=NS(=O)(=O)c2c(cc(C(F)(F)F)cc2C(F)(F)F)N1. The fourth-order valence-corrected chi connectivity index (χ4v) is 3.30. The number of alkyl halides is 6. The number of benzene rings is 1. The van der Waals surface area contributed by atoms with Crippen LogP contribution in [-0.2, 0) is 22.4 Å². The zero-order valence-corrected chi connectivity index (χ0v) is 13.0. The fraction of sp³-hybridized carbons (Fsp3) is 0.417. The molecule has 134 valence electrons. The number of hydrogen-bond donors (Lipinski definition) is 2. The molecule has 0 aromatic heterocycles. The van der Waals surface area contributed by atoms with Crippen molar-refractivity contribution in [1.29, 1.82) is 0 Å². The van der Waals surface area contributed by atoms with Crippen LogP contribution in [0.25, 0.3) is 0 Å². The van der Waals surface area contributed by atoms with Crippen molar-refractivity contribution in [3.63, 3.8) is 0 Å². The lowest BCUT2D eigenvalue weighted by Crippen LogP contribution is -2.39. The molecule has 24 heavy (non-hydrogen) atoms. The summed E-state index contributed by atoms with van der Waals surface area (Å²) in [6.45, 7) is 3.17. The summed E-state index contributed by atoms with van der Waals surface area (Å²) in [5.41, 5.74) is -4.38. The highest BCUT2D eigenvalue weighted by molar-refractivity contribution is 7.90. The highest BCUT2D eigenvalue weighted by atomic mass is 32.2. The van der Waals surface area contributed by atoms with Crippen LogP contribution in [0.5, 0.6) is 0 Å². The summed E-state index contributed by atoms with van der Waals surface area (Å²) in [6, 6.07) is -0.298. The molecule has 0 saturated carbocycles. The van der Waals surface area contributed by atoms with Crippen LogP contribution in [-0.4, -0.2) is 20.4 Å². The minimum atomic E-state index is -5.31. The second-order valence-electron chi connectivity index (χ2n) is 5.24. The van der Waals surface area contributed by atoms with Crippen molar-refractivity contribution in [3.05, 3.63) is 23.3 Å². The first kappa shape index (κ1) is 18.4. The van der Waals surface area contributed by atoms with E-state index in [0.717, 1.165) is 0 Å². The third kappa shape index (κ3) is 3.57. The smallest absolute Gasteiger partial charge is 0.353 e. The second-order valence-corrected chi connectivity index (χ2v) is 6.78. The molecule has 0 spiro atoms. The molecule has 0 saturated heterocycles. The first-order chi connectivity index (χ1) is 10.7. The molecule has 1 aromatic carbocycles. The summed E-state index contributed by atoms with van der Waals surface area (Å²) < 4.78 is 105. The van der Waals surface area contributed by atoms with Crippen molar-refractivity contribution in [2.24, 2.45) is 4.40 Å². The molecule has 0 unspecified atom stereocenters. The van der Waals surface area contributed by atoms with Gasteiger partial charge in [-0.25, -0.2) is 0 Å². The topological polar surface area (TPSA) is 70.6 Å². The first-order valence-electron chi connectivity index (χ1n) is 6.43. The number of hydrogen-bond acceptors (Lipinski definition) is 4. The standard InChI is InChI=1S/C12H11F6N3O2S/c1-5(2)19-10-20-8-4-6(11(13,14)15)3-7(12(16,17)18)9(8)24(22,23)21-10/h3-5H,1-2H3,(H2,19,20,21).